The van der Waals surface area contributed by atoms with Crippen LogP contribution in [0.25, 0.3) is 10.9 Å². The summed E-state index contributed by atoms with van der Waals surface area (Å²) in [6.07, 6.45) is 1.41. The van der Waals surface area contributed by atoms with E-state index in [1.54, 1.807) is 13.1 Å². The first kappa shape index (κ1) is 15.9. The number of H-pyrrole nitrogens is 1. The normalized spacial score (nSPS) is 13.7. The van der Waals surface area contributed by atoms with Gasteiger partial charge in [0.1, 0.15) is 6.04 Å². The van der Waals surface area contributed by atoms with Gasteiger partial charge in [0.25, 0.3) is 0 Å². The first-order chi connectivity index (χ1) is 10.5. The van der Waals surface area contributed by atoms with Crippen LogP contribution in [0.1, 0.15) is 38.3 Å². The maximum atomic E-state index is 11.6. The van der Waals surface area contributed by atoms with Crippen molar-refractivity contribution in [2.75, 3.05) is 0 Å². The number of rotatable bonds is 6. The van der Waals surface area contributed by atoms with E-state index in [0.29, 0.717) is 6.42 Å². The molecule has 0 aliphatic carbocycles. The Morgan fingerprint density at radius 1 is 1.27 bits per heavy atom. The molecule has 2 atom stereocenters. The number of hydrogen-bond donors (Lipinski definition) is 3. The minimum Gasteiger partial charge on any atom is -0.480 e. The molecule has 118 valence electrons. The summed E-state index contributed by atoms with van der Waals surface area (Å²) in [7, 11) is 0. The summed E-state index contributed by atoms with van der Waals surface area (Å²) in [6.45, 7) is 3.56. The van der Waals surface area contributed by atoms with Crippen molar-refractivity contribution in [1.82, 2.24) is 9.88 Å². The Hall–Kier alpha value is -2.50. The van der Waals surface area contributed by atoms with E-state index in [1.807, 2.05) is 31.2 Å². The van der Waals surface area contributed by atoms with E-state index in [4.69, 9.17) is 0 Å². The van der Waals surface area contributed by atoms with E-state index in [-0.39, 0.29) is 6.42 Å². The van der Waals surface area contributed by atoms with Crippen LogP contribution in [0.15, 0.2) is 30.5 Å². The third kappa shape index (κ3) is 2.90. The molecule has 0 aliphatic rings. The van der Waals surface area contributed by atoms with Crippen LogP contribution < -0.4 is 0 Å². The summed E-state index contributed by atoms with van der Waals surface area (Å²) in [4.78, 5) is 27.2. The number of carboxylic acid groups (broad SMARTS) is 2. The van der Waals surface area contributed by atoms with Gasteiger partial charge in [0.2, 0.25) is 0 Å². The number of para-hydroxylation sites is 1. The van der Waals surface area contributed by atoms with E-state index < -0.39 is 24.1 Å². The molecule has 3 N–H and O–H groups in total. The van der Waals surface area contributed by atoms with Crippen molar-refractivity contribution in [2.45, 2.75) is 38.8 Å². The van der Waals surface area contributed by atoms with Crippen molar-refractivity contribution in [2.24, 2.45) is 0 Å². The van der Waals surface area contributed by atoms with Crippen LogP contribution in [-0.2, 0) is 4.79 Å². The molecule has 0 radical (unpaired) electrons. The number of nitrogens with zero attached hydrogens (tertiary/aromatic N) is 1. The molecule has 0 saturated carbocycles. The number of carbonyl (C=O) groups is 2. The first-order valence-electron chi connectivity index (χ1n) is 7.27. The van der Waals surface area contributed by atoms with Gasteiger partial charge in [-0.1, -0.05) is 31.5 Å². The molecule has 1 aromatic heterocycles. The molecule has 0 fully saturated rings. The summed E-state index contributed by atoms with van der Waals surface area (Å²) in [5.41, 5.74) is 1.68. The van der Waals surface area contributed by atoms with Crippen molar-refractivity contribution in [3.63, 3.8) is 0 Å². The summed E-state index contributed by atoms with van der Waals surface area (Å²) in [5.74, 6) is -1.11. The molecular formula is C16H20N2O4. The number of amides is 1. The average molecular weight is 304 g/mol. The van der Waals surface area contributed by atoms with Gasteiger partial charge in [-0.25, -0.2) is 9.59 Å². The Morgan fingerprint density at radius 2 is 1.95 bits per heavy atom. The van der Waals surface area contributed by atoms with Crippen molar-refractivity contribution in [3.05, 3.63) is 36.0 Å². The van der Waals surface area contributed by atoms with Crippen LogP contribution >= 0.6 is 0 Å². The molecule has 0 aliphatic heterocycles. The quantitative estimate of drug-likeness (QED) is 0.761. The lowest BCUT2D eigenvalue weighted by Gasteiger charge is -2.31. The number of fused-ring (bicyclic) bond motifs is 1. The second-order valence-electron chi connectivity index (χ2n) is 5.30. The van der Waals surface area contributed by atoms with Crippen LogP contribution in [0.5, 0.6) is 0 Å². The van der Waals surface area contributed by atoms with Crippen LogP contribution in [0.4, 0.5) is 4.79 Å². The van der Waals surface area contributed by atoms with Crippen molar-refractivity contribution in [3.8, 4) is 0 Å². The van der Waals surface area contributed by atoms with Crippen LogP contribution in [0, 0.1) is 0 Å². The number of aromatic nitrogens is 1. The summed E-state index contributed by atoms with van der Waals surface area (Å²) in [5, 5.41) is 19.8. The Bertz CT molecular complexity index is 680. The average Bonchev–Trinajstić information content (AvgIpc) is 2.90. The second-order valence-corrected chi connectivity index (χ2v) is 5.30. The molecule has 1 aromatic carbocycles. The highest BCUT2D eigenvalue weighted by Crippen LogP contribution is 2.30. The Labute approximate surface area is 128 Å². The van der Waals surface area contributed by atoms with Gasteiger partial charge in [0.15, 0.2) is 0 Å². The number of benzene rings is 1. The van der Waals surface area contributed by atoms with E-state index in [9.17, 15) is 19.8 Å². The van der Waals surface area contributed by atoms with Gasteiger partial charge in [-0.2, -0.15) is 0 Å². The van der Waals surface area contributed by atoms with Crippen LogP contribution in [0.3, 0.4) is 0 Å². The molecule has 0 bridgehead atoms. The molecule has 2 unspecified atom stereocenters. The van der Waals surface area contributed by atoms with Gasteiger partial charge in [-0.05, 0) is 25.0 Å². The maximum Gasteiger partial charge on any atom is 0.408 e. The first-order valence-corrected chi connectivity index (χ1v) is 7.27. The predicted molar refractivity (Wildman–Crippen MR) is 82.9 cm³/mol. The van der Waals surface area contributed by atoms with E-state index in [0.717, 1.165) is 21.4 Å². The summed E-state index contributed by atoms with van der Waals surface area (Å²) in [6, 6.07) is 5.95. The predicted octanol–water partition coefficient (Wildman–Crippen LogP) is 3.46. The highest BCUT2D eigenvalue weighted by Gasteiger charge is 2.34. The maximum absolute atomic E-state index is 11.6. The van der Waals surface area contributed by atoms with Gasteiger partial charge in [-0.15, -0.1) is 0 Å². The molecular weight excluding hydrogens is 284 g/mol. The molecule has 6 heteroatoms. The molecule has 2 aromatic rings. The summed E-state index contributed by atoms with van der Waals surface area (Å²) >= 11 is 0. The van der Waals surface area contributed by atoms with Crippen LogP contribution in [-0.4, -0.2) is 38.2 Å². The number of hydrogen-bond acceptors (Lipinski definition) is 2. The zero-order valence-electron chi connectivity index (χ0n) is 12.6. The monoisotopic (exact) mass is 304 g/mol. The largest absolute Gasteiger partial charge is 0.480 e. The lowest BCUT2D eigenvalue weighted by Crippen LogP contribution is -2.45. The third-order valence-electron chi connectivity index (χ3n) is 3.89. The molecule has 1 amide bonds. The highest BCUT2D eigenvalue weighted by atomic mass is 16.4. The SMILES string of the molecule is CCCC(C(=O)O)N(C(=O)O)C(C)c1c[nH]c2ccccc12. The summed E-state index contributed by atoms with van der Waals surface area (Å²) < 4.78 is 0. The highest BCUT2D eigenvalue weighted by molar-refractivity contribution is 5.85. The number of nitrogens with one attached hydrogen (secondary N) is 1. The number of carboxylic acids is 1. The molecule has 2 rings (SSSR count). The second kappa shape index (κ2) is 6.51. The van der Waals surface area contributed by atoms with E-state index >= 15 is 0 Å². The Balaban J connectivity index is 2.43. The van der Waals surface area contributed by atoms with Gasteiger partial charge < -0.3 is 15.2 Å². The zero-order valence-corrected chi connectivity index (χ0v) is 12.6. The van der Waals surface area contributed by atoms with Gasteiger partial charge in [0.05, 0.1) is 6.04 Å². The molecule has 22 heavy (non-hydrogen) atoms. The molecule has 0 spiro atoms. The minimum atomic E-state index is -1.22. The van der Waals surface area contributed by atoms with Gasteiger partial charge >= 0.3 is 12.1 Å². The number of aliphatic carboxylic acids is 1. The smallest absolute Gasteiger partial charge is 0.408 e. The van der Waals surface area contributed by atoms with Crippen molar-refractivity contribution < 1.29 is 19.8 Å². The molecule has 1 heterocycles. The van der Waals surface area contributed by atoms with Crippen molar-refractivity contribution >= 4 is 23.0 Å². The Kier molecular flexibility index (Phi) is 4.70. The fraction of sp³-hybridized carbons (Fsp3) is 0.375. The van der Waals surface area contributed by atoms with E-state index in [1.165, 1.54) is 0 Å². The lowest BCUT2D eigenvalue weighted by molar-refractivity contribution is -0.143. The van der Waals surface area contributed by atoms with Gasteiger partial charge in [0, 0.05) is 17.1 Å². The number of aromatic amines is 1. The fourth-order valence-corrected chi connectivity index (χ4v) is 2.81. The molecule has 0 saturated heterocycles. The van der Waals surface area contributed by atoms with Crippen molar-refractivity contribution in [1.29, 1.82) is 0 Å². The zero-order chi connectivity index (χ0) is 16.3. The van der Waals surface area contributed by atoms with E-state index in [2.05, 4.69) is 4.98 Å². The minimum absolute atomic E-state index is 0.286. The fourth-order valence-electron chi connectivity index (χ4n) is 2.81. The molecule has 6 nitrogen and oxygen atoms in total. The van der Waals surface area contributed by atoms with Crippen LogP contribution in [0.2, 0.25) is 0 Å². The standard InChI is InChI=1S/C16H20N2O4/c1-3-6-14(15(19)20)18(16(21)22)10(2)12-9-17-13-8-5-4-7-11(12)13/h4-5,7-10,14,17H,3,6H2,1-2H3,(H,19,20)(H,21,22). The topological polar surface area (TPSA) is 93.6 Å². The van der Waals surface area contributed by atoms with Gasteiger partial charge in [-0.3, -0.25) is 4.90 Å². The Morgan fingerprint density at radius 3 is 2.55 bits per heavy atom. The third-order valence-corrected chi connectivity index (χ3v) is 3.89. The lowest BCUT2D eigenvalue weighted by atomic mass is 10.0.